The second kappa shape index (κ2) is 5.37. The minimum Gasteiger partial charge on any atom is -0.458 e. The molecule has 0 saturated carbocycles. The monoisotopic (exact) mass is 385 g/mol. The summed E-state index contributed by atoms with van der Waals surface area (Å²) in [7, 11) is 0. The average Bonchev–Trinajstić information content (AvgIpc) is 2.78. The normalized spacial score (nSPS) is 16.1. The van der Waals surface area contributed by atoms with E-state index in [1.165, 1.54) is 44.6 Å². The van der Waals surface area contributed by atoms with Crippen molar-refractivity contribution in [2.75, 3.05) is 4.81 Å². The molecule has 4 aromatic rings. The zero-order chi connectivity index (χ0) is 20.0. The summed E-state index contributed by atoms with van der Waals surface area (Å²) in [5, 5.41) is 0. The molecule has 30 heavy (non-hydrogen) atoms. The van der Waals surface area contributed by atoms with Crippen molar-refractivity contribution in [1.29, 1.82) is 0 Å². The second-order valence-corrected chi connectivity index (χ2v) is 8.97. The summed E-state index contributed by atoms with van der Waals surface area (Å²) in [6.45, 7) is 4.80. The Labute approximate surface area is 176 Å². The molecule has 4 aromatic carbocycles. The van der Waals surface area contributed by atoms with E-state index in [1.54, 1.807) is 0 Å². The fourth-order valence-electron chi connectivity index (χ4n) is 5.76. The molecule has 7 rings (SSSR count). The molecule has 0 aliphatic carbocycles. The van der Waals surface area contributed by atoms with E-state index in [1.807, 2.05) is 0 Å². The lowest BCUT2D eigenvalue weighted by atomic mass is 9.43. The zero-order valence-electron chi connectivity index (χ0n) is 17.0. The highest BCUT2D eigenvalue weighted by Crippen LogP contribution is 2.54. The molecule has 3 aliphatic rings. The highest BCUT2D eigenvalue weighted by atomic mass is 16.5. The minimum atomic E-state index is -0.0573. The van der Waals surface area contributed by atoms with Gasteiger partial charge in [0, 0.05) is 27.8 Å². The van der Waals surface area contributed by atoms with Crippen molar-refractivity contribution in [2.24, 2.45) is 0 Å². The van der Waals surface area contributed by atoms with E-state index in [9.17, 15) is 0 Å². The molecule has 0 atom stereocenters. The summed E-state index contributed by atoms with van der Waals surface area (Å²) in [6.07, 6.45) is 0. The van der Waals surface area contributed by atoms with Crippen molar-refractivity contribution in [3.63, 3.8) is 0 Å². The van der Waals surface area contributed by atoms with Gasteiger partial charge in [0.25, 0.3) is 0 Å². The molecule has 0 saturated heterocycles. The quantitative estimate of drug-likeness (QED) is 0.378. The molecule has 0 amide bonds. The first kappa shape index (κ1) is 16.4. The number of hydrogen-bond acceptors (Lipinski definition) is 2. The van der Waals surface area contributed by atoms with Crippen LogP contribution in [0.1, 0.15) is 25.0 Å². The largest absolute Gasteiger partial charge is 0.458 e. The molecule has 0 aromatic heterocycles. The van der Waals surface area contributed by atoms with Gasteiger partial charge in [0.05, 0.1) is 0 Å². The third-order valence-electron chi connectivity index (χ3n) is 7.11. The molecule has 0 spiro atoms. The van der Waals surface area contributed by atoms with Crippen molar-refractivity contribution in [3.8, 4) is 22.6 Å². The molecule has 142 valence electrons. The maximum absolute atomic E-state index is 6.38. The average molecular weight is 385 g/mol. The van der Waals surface area contributed by atoms with Crippen LogP contribution in [0.2, 0.25) is 0 Å². The molecule has 0 fully saturated rings. The molecule has 0 N–H and O–H groups in total. The Morgan fingerprint density at radius 2 is 1.40 bits per heavy atom. The van der Waals surface area contributed by atoms with Crippen LogP contribution in [0.5, 0.6) is 11.5 Å². The maximum Gasteiger partial charge on any atom is 0.336 e. The van der Waals surface area contributed by atoms with Gasteiger partial charge in [-0.1, -0.05) is 80.6 Å². The smallest absolute Gasteiger partial charge is 0.336 e. The van der Waals surface area contributed by atoms with Gasteiger partial charge in [-0.15, -0.1) is 0 Å². The number of anilines is 2. The van der Waals surface area contributed by atoms with Gasteiger partial charge in [-0.2, -0.15) is 0 Å². The fraction of sp³-hybridized carbons (Fsp3) is 0.111. The van der Waals surface area contributed by atoms with Crippen LogP contribution in [0.3, 0.4) is 0 Å². The molecular weight excluding hydrogens is 365 g/mol. The predicted molar refractivity (Wildman–Crippen MR) is 124 cm³/mol. The highest BCUT2D eigenvalue weighted by molar-refractivity contribution is 6.92. The molecule has 2 nitrogen and oxygen atoms in total. The molecular formula is C27H20BNO. The SMILES string of the molecule is CC1(C)c2ccccc2N2B3c4ccccc4Oc4cccc(c43)-c3cccc1c32. The second-order valence-electron chi connectivity index (χ2n) is 8.97. The van der Waals surface area contributed by atoms with Gasteiger partial charge in [-0.25, -0.2) is 0 Å². The number of ether oxygens (including phenoxy) is 1. The van der Waals surface area contributed by atoms with E-state index < -0.39 is 0 Å². The molecule has 3 aliphatic heterocycles. The Morgan fingerprint density at radius 3 is 2.33 bits per heavy atom. The number of fused-ring (bicyclic) bond motifs is 6. The molecule has 3 heterocycles. The summed E-state index contributed by atoms with van der Waals surface area (Å²) in [4.78, 5) is 2.57. The number of benzene rings is 4. The Balaban J connectivity index is 1.67. The predicted octanol–water partition coefficient (Wildman–Crippen LogP) is 5.36. The summed E-state index contributed by atoms with van der Waals surface area (Å²) in [5.41, 5.74) is 10.4. The standard InChI is InChI=1S/C27H20BNO/c1-27(2)19-11-3-5-14-22(19)29-26-18(10-7-12-20(26)27)17-9-8-16-24-25(17)28(29)21-13-4-6-15-23(21)30-24/h3-16H,1-2H3. The van der Waals surface area contributed by atoms with Crippen LogP contribution in [-0.2, 0) is 5.41 Å². The fourth-order valence-corrected chi connectivity index (χ4v) is 5.76. The van der Waals surface area contributed by atoms with Crippen molar-refractivity contribution in [1.82, 2.24) is 0 Å². The Kier molecular flexibility index (Phi) is 2.93. The number of rotatable bonds is 0. The molecule has 0 radical (unpaired) electrons. The maximum atomic E-state index is 6.38. The topological polar surface area (TPSA) is 12.5 Å². The van der Waals surface area contributed by atoms with Crippen LogP contribution in [-0.4, -0.2) is 6.85 Å². The molecule has 0 unspecified atom stereocenters. The number of nitrogens with zero attached hydrogens (tertiary/aromatic N) is 1. The van der Waals surface area contributed by atoms with Gasteiger partial charge in [-0.3, -0.25) is 0 Å². The minimum absolute atomic E-state index is 0.0573. The Morgan fingerprint density at radius 1 is 0.700 bits per heavy atom. The third kappa shape index (κ3) is 1.82. The van der Waals surface area contributed by atoms with Crippen molar-refractivity contribution in [3.05, 3.63) is 96.1 Å². The first-order valence-corrected chi connectivity index (χ1v) is 10.6. The Hall–Kier alpha value is -3.46. The van der Waals surface area contributed by atoms with Crippen LogP contribution in [0, 0.1) is 0 Å². The summed E-state index contributed by atoms with van der Waals surface area (Å²) < 4.78 is 6.38. The van der Waals surface area contributed by atoms with Gasteiger partial charge < -0.3 is 9.55 Å². The van der Waals surface area contributed by atoms with Crippen LogP contribution in [0.15, 0.2) is 84.9 Å². The summed E-state index contributed by atoms with van der Waals surface area (Å²) >= 11 is 0. The van der Waals surface area contributed by atoms with Crippen LogP contribution in [0.4, 0.5) is 11.4 Å². The van der Waals surface area contributed by atoms with E-state index in [4.69, 9.17) is 4.74 Å². The Bertz CT molecular complexity index is 1370. The van der Waals surface area contributed by atoms with E-state index >= 15 is 0 Å². The van der Waals surface area contributed by atoms with E-state index in [-0.39, 0.29) is 12.3 Å². The van der Waals surface area contributed by atoms with Gasteiger partial charge in [-0.05, 0) is 40.4 Å². The van der Waals surface area contributed by atoms with Crippen molar-refractivity contribution >= 4 is 29.1 Å². The lowest BCUT2D eigenvalue weighted by Gasteiger charge is -2.49. The van der Waals surface area contributed by atoms with E-state index in [0.29, 0.717) is 0 Å². The van der Waals surface area contributed by atoms with Gasteiger partial charge in [0.2, 0.25) is 0 Å². The highest BCUT2D eigenvalue weighted by Gasteiger charge is 2.48. The van der Waals surface area contributed by atoms with Crippen LogP contribution >= 0.6 is 0 Å². The lowest BCUT2D eigenvalue weighted by Crippen LogP contribution is -2.61. The van der Waals surface area contributed by atoms with Crippen molar-refractivity contribution < 1.29 is 4.74 Å². The van der Waals surface area contributed by atoms with Gasteiger partial charge >= 0.3 is 6.85 Å². The van der Waals surface area contributed by atoms with E-state index in [0.717, 1.165) is 11.5 Å². The molecule has 3 heteroatoms. The summed E-state index contributed by atoms with van der Waals surface area (Å²) in [5.74, 6) is 1.92. The number of hydrogen-bond donors (Lipinski definition) is 0. The number of para-hydroxylation sites is 3. The van der Waals surface area contributed by atoms with Crippen molar-refractivity contribution in [2.45, 2.75) is 19.3 Å². The van der Waals surface area contributed by atoms with Gasteiger partial charge in [0.15, 0.2) is 0 Å². The van der Waals surface area contributed by atoms with E-state index in [2.05, 4.69) is 104 Å². The lowest BCUT2D eigenvalue weighted by molar-refractivity contribution is 0.487. The van der Waals surface area contributed by atoms with Gasteiger partial charge in [0.1, 0.15) is 11.5 Å². The van der Waals surface area contributed by atoms with Crippen LogP contribution in [0.25, 0.3) is 11.1 Å². The first-order chi connectivity index (χ1) is 14.7. The third-order valence-corrected chi connectivity index (χ3v) is 7.11. The van der Waals surface area contributed by atoms with Crippen LogP contribution < -0.4 is 20.5 Å². The zero-order valence-corrected chi connectivity index (χ0v) is 17.0. The molecule has 0 bridgehead atoms. The first-order valence-electron chi connectivity index (χ1n) is 10.6. The summed E-state index contributed by atoms with van der Waals surface area (Å²) in [6, 6.07) is 30.6.